The van der Waals surface area contributed by atoms with Crippen molar-refractivity contribution in [3.05, 3.63) is 58.6 Å². The van der Waals surface area contributed by atoms with E-state index in [1.54, 1.807) is 24.3 Å². The number of aliphatic carboxylic acids is 1. The number of hydrogen-bond acceptors (Lipinski definition) is 7. The van der Waals surface area contributed by atoms with Crippen LogP contribution in [0.15, 0.2) is 68.0 Å². The van der Waals surface area contributed by atoms with Crippen LogP contribution in [0.5, 0.6) is 0 Å². The molecule has 1 aliphatic heterocycles. The molecule has 0 aliphatic carbocycles. The van der Waals surface area contributed by atoms with Gasteiger partial charge in [-0.05, 0) is 42.0 Å². The van der Waals surface area contributed by atoms with Gasteiger partial charge in [-0.3, -0.25) is 9.59 Å². The molecule has 0 aromatic heterocycles. The molecule has 0 saturated carbocycles. The van der Waals surface area contributed by atoms with Crippen molar-refractivity contribution in [2.45, 2.75) is 29.9 Å². The lowest BCUT2D eigenvalue weighted by atomic mass is 10.0. The zero-order valence-electron chi connectivity index (χ0n) is 18.2. The highest BCUT2D eigenvalue weighted by atomic mass is 79.9. The molecule has 1 amide bonds. The predicted molar refractivity (Wildman–Crippen MR) is 131 cm³/mol. The topological polar surface area (TPSA) is 199 Å². The first-order valence-corrected chi connectivity index (χ1v) is 12.5. The van der Waals surface area contributed by atoms with Crippen LogP contribution < -0.4 is 21.5 Å². The number of nitrogens with zero attached hydrogens (tertiary/aromatic N) is 2. The van der Waals surface area contributed by atoms with Crippen molar-refractivity contribution in [1.29, 1.82) is 0 Å². The van der Waals surface area contributed by atoms with Crippen molar-refractivity contribution in [3.8, 4) is 0 Å². The van der Waals surface area contributed by atoms with E-state index in [4.69, 9.17) is 16.3 Å². The molecule has 186 valence electrons. The number of guanidine groups is 1. The monoisotopic (exact) mass is 566 g/mol. The minimum absolute atomic E-state index is 0.0587. The van der Waals surface area contributed by atoms with Crippen LogP contribution in [0, 0.1) is 0 Å². The molecular weight excluding hydrogens is 544 g/mol. The third-order valence-corrected chi connectivity index (χ3v) is 6.84. The molecule has 12 nitrogen and oxygen atoms in total. The van der Waals surface area contributed by atoms with Crippen LogP contribution in [0.2, 0.25) is 0 Å². The smallest absolute Gasteiger partial charge is 0.323 e. The standard InChI is InChI=1S/C21H23BrN6O6S/c22-13-3-7-16(8-4-13)35(32,33)28-18(20(30)31)11-25-19(29)10-15-9-17(27-34-15)12-1-5-14(6-2-12)26-21(23)24/h1-8,15,18,28H,9-11H2,(H,25,29)(H,30,31)(H4,23,24,26)/t15-,18-/m0/s1. The average Bonchev–Trinajstić information content (AvgIpc) is 3.25. The zero-order valence-corrected chi connectivity index (χ0v) is 20.6. The van der Waals surface area contributed by atoms with Gasteiger partial charge in [0.1, 0.15) is 12.1 Å². The number of carbonyl (C=O) groups is 2. The summed E-state index contributed by atoms with van der Waals surface area (Å²) < 4.78 is 27.7. The molecule has 7 N–H and O–H groups in total. The lowest BCUT2D eigenvalue weighted by Gasteiger charge is -2.16. The van der Waals surface area contributed by atoms with Gasteiger partial charge in [0, 0.05) is 17.4 Å². The maximum Gasteiger partial charge on any atom is 0.323 e. The molecule has 2 aromatic carbocycles. The number of carboxylic acid groups (broad SMARTS) is 1. The van der Waals surface area contributed by atoms with Crippen molar-refractivity contribution in [1.82, 2.24) is 10.0 Å². The Kier molecular flexibility index (Phi) is 8.43. The van der Waals surface area contributed by atoms with Gasteiger partial charge >= 0.3 is 5.97 Å². The van der Waals surface area contributed by atoms with E-state index in [1.165, 1.54) is 24.3 Å². The van der Waals surface area contributed by atoms with Gasteiger partial charge in [-0.25, -0.2) is 13.4 Å². The third kappa shape index (κ3) is 7.50. The number of oxime groups is 1. The first kappa shape index (κ1) is 26.1. The highest BCUT2D eigenvalue weighted by Gasteiger charge is 2.28. The van der Waals surface area contributed by atoms with E-state index in [-0.39, 0.29) is 17.3 Å². The number of carbonyl (C=O) groups excluding carboxylic acids is 1. The third-order valence-electron chi connectivity index (χ3n) is 4.83. The fraction of sp³-hybridized carbons (Fsp3) is 0.238. The van der Waals surface area contributed by atoms with E-state index in [2.05, 4.69) is 36.1 Å². The molecular formula is C21H23BrN6O6S. The number of nitrogens with two attached hydrogens (primary N) is 2. The van der Waals surface area contributed by atoms with Crippen molar-refractivity contribution in [2.75, 3.05) is 6.54 Å². The number of nitrogens with one attached hydrogen (secondary N) is 2. The van der Waals surface area contributed by atoms with Crippen LogP contribution >= 0.6 is 15.9 Å². The summed E-state index contributed by atoms with van der Waals surface area (Å²) in [7, 11) is -4.11. The van der Waals surface area contributed by atoms with E-state index in [9.17, 15) is 23.1 Å². The fourth-order valence-electron chi connectivity index (χ4n) is 3.13. The quantitative estimate of drug-likeness (QED) is 0.205. The SMILES string of the molecule is NC(N)=Nc1ccc(C2=NO[C@H](CC(=O)NC[C@H](NS(=O)(=O)c3ccc(Br)cc3)C(=O)O)C2)cc1. The summed E-state index contributed by atoms with van der Waals surface area (Å²) in [4.78, 5) is 33.0. The Hall–Kier alpha value is -3.49. The minimum atomic E-state index is -4.11. The molecule has 0 unspecified atom stereocenters. The summed E-state index contributed by atoms with van der Waals surface area (Å²) in [6.07, 6.45) is -0.288. The van der Waals surface area contributed by atoms with Gasteiger partial charge in [0.2, 0.25) is 15.9 Å². The summed E-state index contributed by atoms with van der Waals surface area (Å²) in [6, 6.07) is 11.1. The Morgan fingerprint density at radius 1 is 1.17 bits per heavy atom. The zero-order chi connectivity index (χ0) is 25.6. The van der Waals surface area contributed by atoms with Gasteiger partial charge in [-0.1, -0.05) is 33.2 Å². The molecule has 1 heterocycles. The van der Waals surface area contributed by atoms with E-state index >= 15 is 0 Å². The summed E-state index contributed by atoms with van der Waals surface area (Å²) in [5.74, 6) is -2.00. The maximum atomic E-state index is 12.5. The Morgan fingerprint density at radius 2 is 1.83 bits per heavy atom. The van der Waals surface area contributed by atoms with Crippen molar-refractivity contribution in [2.24, 2.45) is 21.6 Å². The van der Waals surface area contributed by atoms with Crippen molar-refractivity contribution < 1.29 is 28.0 Å². The van der Waals surface area contributed by atoms with Gasteiger partial charge in [0.05, 0.1) is 22.7 Å². The molecule has 1 aliphatic rings. The average molecular weight is 567 g/mol. The van der Waals surface area contributed by atoms with E-state index in [0.717, 1.165) is 5.56 Å². The van der Waals surface area contributed by atoms with Gasteiger partial charge in [0.15, 0.2) is 5.96 Å². The molecule has 0 spiro atoms. The second-order valence-electron chi connectivity index (χ2n) is 7.53. The van der Waals surface area contributed by atoms with Gasteiger partial charge in [-0.2, -0.15) is 4.72 Å². The Morgan fingerprint density at radius 3 is 2.43 bits per heavy atom. The molecule has 0 radical (unpaired) electrons. The van der Waals surface area contributed by atoms with Crippen LogP contribution in [0.3, 0.4) is 0 Å². The fourth-order valence-corrected chi connectivity index (χ4v) is 4.58. The van der Waals surface area contributed by atoms with Crippen LogP contribution in [-0.4, -0.2) is 55.8 Å². The summed E-state index contributed by atoms with van der Waals surface area (Å²) in [5, 5.41) is 15.8. The predicted octanol–water partition coefficient (Wildman–Crippen LogP) is 0.785. The summed E-state index contributed by atoms with van der Waals surface area (Å²) >= 11 is 3.20. The first-order chi connectivity index (χ1) is 16.5. The van der Waals surface area contributed by atoms with Crippen molar-refractivity contribution in [3.63, 3.8) is 0 Å². The minimum Gasteiger partial charge on any atom is -0.480 e. The number of amides is 1. The summed E-state index contributed by atoms with van der Waals surface area (Å²) in [5.41, 5.74) is 12.7. The van der Waals surface area contributed by atoms with Gasteiger partial charge in [-0.15, -0.1) is 0 Å². The van der Waals surface area contributed by atoms with Gasteiger partial charge in [0.25, 0.3) is 0 Å². The number of carboxylic acids is 1. The van der Waals surface area contributed by atoms with E-state index in [1.807, 2.05) is 0 Å². The molecule has 0 fully saturated rings. The Balaban J connectivity index is 1.51. The number of benzene rings is 2. The number of aliphatic imine (C=N–C) groups is 1. The Bertz CT molecular complexity index is 1240. The number of rotatable bonds is 10. The maximum absolute atomic E-state index is 12.5. The lowest BCUT2D eigenvalue weighted by molar-refractivity contribution is -0.138. The van der Waals surface area contributed by atoms with Crippen LogP contribution in [0.25, 0.3) is 0 Å². The molecule has 14 heteroatoms. The highest BCUT2D eigenvalue weighted by molar-refractivity contribution is 9.10. The molecule has 0 bridgehead atoms. The van der Waals surface area contributed by atoms with Crippen LogP contribution in [0.1, 0.15) is 18.4 Å². The highest BCUT2D eigenvalue weighted by Crippen LogP contribution is 2.21. The molecule has 35 heavy (non-hydrogen) atoms. The molecule has 3 rings (SSSR count). The Labute approximate surface area is 209 Å². The first-order valence-electron chi connectivity index (χ1n) is 10.2. The normalized spacial score (nSPS) is 16.0. The van der Waals surface area contributed by atoms with E-state index < -0.39 is 40.6 Å². The number of hydrogen-bond donors (Lipinski definition) is 5. The molecule has 2 atom stereocenters. The van der Waals surface area contributed by atoms with Crippen LogP contribution in [0.4, 0.5) is 5.69 Å². The molecule has 0 saturated heterocycles. The van der Waals surface area contributed by atoms with E-state index in [0.29, 0.717) is 22.3 Å². The van der Waals surface area contributed by atoms with Crippen LogP contribution in [-0.2, 0) is 24.4 Å². The summed E-state index contributed by atoms with van der Waals surface area (Å²) in [6.45, 7) is -0.448. The van der Waals surface area contributed by atoms with Crippen molar-refractivity contribution >= 4 is 55.2 Å². The molecule has 2 aromatic rings. The lowest BCUT2D eigenvalue weighted by Crippen LogP contribution is -2.48. The number of halogens is 1. The largest absolute Gasteiger partial charge is 0.480 e. The second kappa shape index (κ2) is 11.3. The van der Waals surface area contributed by atoms with Gasteiger partial charge < -0.3 is 26.7 Å². The second-order valence-corrected chi connectivity index (χ2v) is 10.2. The number of sulfonamides is 1.